The van der Waals surface area contributed by atoms with Crippen LogP contribution in [0.15, 0.2) is 22.7 Å². The minimum absolute atomic E-state index is 0.0556. The fourth-order valence-corrected chi connectivity index (χ4v) is 3.75. The van der Waals surface area contributed by atoms with Crippen LogP contribution in [0.25, 0.3) is 0 Å². The molecule has 0 spiro atoms. The van der Waals surface area contributed by atoms with Gasteiger partial charge in [0.1, 0.15) is 5.76 Å². The standard InChI is InChI=1S/C16H21ClN4O2S/c1-12-8-13(19-23-12)10-20-4-6-21(7-5-20)11-16(22)18-9-14-2-3-15(17)24-14/h2-3,8H,4-7,9-11H2,1H3,(H,18,22). The third-order valence-corrected chi connectivity index (χ3v) is 5.21. The SMILES string of the molecule is Cc1cc(CN2CCN(CC(=O)NCc3ccc(Cl)s3)CC2)no1. The van der Waals surface area contributed by atoms with Crippen molar-refractivity contribution in [3.8, 4) is 0 Å². The summed E-state index contributed by atoms with van der Waals surface area (Å²) in [5, 5.41) is 6.98. The first-order chi connectivity index (χ1) is 11.6. The number of halogens is 1. The van der Waals surface area contributed by atoms with Crippen LogP contribution >= 0.6 is 22.9 Å². The van der Waals surface area contributed by atoms with E-state index in [-0.39, 0.29) is 5.91 Å². The van der Waals surface area contributed by atoms with Gasteiger partial charge in [0, 0.05) is 43.7 Å². The summed E-state index contributed by atoms with van der Waals surface area (Å²) >= 11 is 7.38. The quantitative estimate of drug-likeness (QED) is 0.846. The Morgan fingerprint density at radius 2 is 2.08 bits per heavy atom. The van der Waals surface area contributed by atoms with E-state index in [0.29, 0.717) is 13.1 Å². The molecule has 130 valence electrons. The predicted molar refractivity (Wildman–Crippen MR) is 94.1 cm³/mol. The number of hydrogen-bond donors (Lipinski definition) is 1. The fourth-order valence-electron chi connectivity index (χ4n) is 2.72. The molecule has 0 aromatic carbocycles. The summed E-state index contributed by atoms with van der Waals surface area (Å²) in [5.41, 5.74) is 0.966. The zero-order valence-corrected chi connectivity index (χ0v) is 15.2. The monoisotopic (exact) mass is 368 g/mol. The summed E-state index contributed by atoms with van der Waals surface area (Å²) in [4.78, 5) is 17.6. The Bertz CT molecular complexity index is 679. The Morgan fingerprint density at radius 3 is 2.71 bits per heavy atom. The van der Waals surface area contributed by atoms with E-state index < -0.39 is 0 Å². The van der Waals surface area contributed by atoms with Crippen LogP contribution in [-0.2, 0) is 17.9 Å². The molecular weight excluding hydrogens is 348 g/mol. The maximum absolute atomic E-state index is 12.0. The number of carbonyl (C=O) groups is 1. The van der Waals surface area contributed by atoms with Crippen LogP contribution in [-0.4, -0.2) is 53.6 Å². The van der Waals surface area contributed by atoms with Crippen molar-refractivity contribution in [1.82, 2.24) is 20.3 Å². The van der Waals surface area contributed by atoms with Crippen LogP contribution in [0.1, 0.15) is 16.3 Å². The van der Waals surface area contributed by atoms with E-state index in [2.05, 4.69) is 20.3 Å². The number of amides is 1. The first-order valence-electron chi connectivity index (χ1n) is 7.96. The first-order valence-corrected chi connectivity index (χ1v) is 9.16. The molecule has 3 heterocycles. The van der Waals surface area contributed by atoms with Crippen molar-refractivity contribution < 1.29 is 9.32 Å². The molecular formula is C16H21ClN4O2S. The summed E-state index contributed by atoms with van der Waals surface area (Å²) in [6.07, 6.45) is 0. The summed E-state index contributed by atoms with van der Waals surface area (Å²) in [6, 6.07) is 5.76. The van der Waals surface area contributed by atoms with Crippen molar-refractivity contribution in [2.45, 2.75) is 20.0 Å². The van der Waals surface area contributed by atoms with Crippen molar-refractivity contribution in [2.75, 3.05) is 32.7 Å². The molecule has 0 bridgehead atoms. The molecule has 8 heteroatoms. The second-order valence-electron chi connectivity index (χ2n) is 5.96. The van der Waals surface area contributed by atoms with E-state index >= 15 is 0 Å². The average molecular weight is 369 g/mol. The highest BCUT2D eigenvalue weighted by atomic mass is 35.5. The van der Waals surface area contributed by atoms with Gasteiger partial charge in [-0.2, -0.15) is 0 Å². The van der Waals surface area contributed by atoms with Gasteiger partial charge in [-0.1, -0.05) is 16.8 Å². The smallest absolute Gasteiger partial charge is 0.234 e. The molecule has 1 aliphatic rings. The van der Waals surface area contributed by atoms with E-state index in [4.69, 9.17) is 16.1 Å². The van der Waals surface area contributed by atoms with E-state index in [1.807, 2.05) is 25.1 Å². The Balaban J connectivity index is 1.36. The Kier molecular flexibility index (Phi) is 5.89. The van der Waals surface area contributed by atoms with Crippen molar-refractivity contribution in [3.63, 3.8) is 0 Å². The van der Waals surface area contributed by atoms with Crippen LogP contribution < -0.4 is 5.32 Å². The zero-order valence-electron chi connectivity index (χ0n) is 13.6. The third-order valence-electron chi connectivity index (χ3n) is 3.98. The lowest BCUT2D eigenvalue weighted by Gasteiger charge is -2.33. The normalized spacial score (nSPS) is 16.4. The molecule has 1 N–H and O–H groups in total. The largest absolute Gasteiger partial charge is 0.361 e. The molecule has 3 rings (SSSR count). The second kappa shape index (κ2) is 8.11. The van der Waals surface area contributed by atoms with Crippen molar-refractivity contribution in [2.24, 2.45) is 0 Å². The van der Waals surface area contributed by atoms with Crippen molar-refractivity contribution >= 4 is 28.8 Å². The van der Waals surface area contributed by atoms with Crippen LogP contribution in [0, 0.1) is 6.92 Å². The molecule has 2 aromatic rings. The maximum atomic E-state index is 12.0. The Labute approximate surface area is 150 Å². The van der Waals surface area contributed by atoms with Gasteiger partial charge >= 0.3 is 0 Å². The molecule has 0 aliphatic carbocycles. The van der Waals surface area contributed by atoms with Crippen LogP contribution in [0.5, 0.6) is 0 Å². The minimum atomic E-state index is 0.0556. The molecule has 1 aliphatic heterocycles. The van der Waals surface area contributed by atoms with Gasteiger partial charge in [-0.25, -0.2) is 0 Å². The van der Waals surface area contributed by atoms with E-state index in [1.165, 1.54) is 11.3 Å². The third kappa shape index (κ3) is 5.04. The van der Waals surface area contributed by atoms with Crippen LogP contribution in [0.3, 0.4) is 0 Å². The molecule has 24 heavy (non-hydrogen) atoms. The number of carbonyl (C=O) groups excluding carboxylic acids is 1. The van der Waals surface area contributed by atoms with Crippen molar-refractivity contribution in [1.29, 1.82) is 0 Å². The van der Waals surface area contributed by atoms with Crippen LogP contribution in [0.2, 0.25) is 4.34 Å². The summed E-state index contributed by atoms with van der Waals surface area (Å²) in [7, 11) is 0. The maximum Gasteiger partial charge on any atom is 0.234 e. The van der Waals surface area contributed by atoms with Gasteiger partial charge < -0.3 is 9.84 Å². The van der Waals surface area contributed by atoms with Gasteiger partial charge in [0.2, 0.25) is 5.91 Å². The highest BCUT2D eigenvalue weighted by Gasteiger charge is 2.19. The van der Waals surface area contributed by atoms with E-state index in [9.17, 15) is 4.79 Å². The summed E-state index contributed by atoms with van der Waals surface area (Å²) in [6.45, 7) is 7.31. The number of rotatable bonds is 6. The summed E-state index contributed by atoms with van der Waals surface area (Å²) in [5.74, 6) is 0.896. The fraction of sp³-hybridized carbons (Fsp3) is 0.500. The molecule has 0 radical (unpaired) electrons. The van der Waals surface area contributed by atoms with Gasteiger partial charge in [-0.15, -0.1) is 11.3 Å². The topological polar surface area (TPSA) is 61.6 Å². The van der Waals surface area contributed by atoms with E-state index in [1.54, 1.807) is 0 Å². The second-order valence-corrected chi connectivity index (χ2v) is 7.76. The highest BCUT2D eigenvalue weighted by molar-refractivity contribution is 7.16. The Morgan fingerprint density at radius 1 is 1.33 bits per heavy atom. The molecule has 1 saturated heterocycles. The highest BCUT2D eigenvalue weighted by Crippen LogP contribution is 2.20. The Hall–Kier alpha value is -1.41. The number of hydrogen-bond acceptors (Lipinski definition) is 6. The average Bonchev–Trinajstić information content (AvgIpc) is 3.16. The molecule has 0 saturated carbocycles. The van der Waals surface area contributed by atoms with Crippen molar-refractivity contribution in [3.05, 3.63) is 38.9 Å². The predicted octanol–water partition coefficient (Wildman–Crippen LogP) is 2.13. The molecule has 1 fully saturated rings. The lowest BCUT2D eigenvalue weighted by molar-refractivity contribution is -0.122. The number of aryl methyl sites for hydroxylation is 1. The number of thiophene rings is 1. The number of aromatic nitrogens is 1. The molecule has 0 unspecified atom stereocenters. The number of piperazine rings is 1. The number of nitrogens with zero attached hydrogens (tertiary/aromatic N) is 3. The van der Waals surface area contributed by atoms with Gasteiger partial charge in [0.15, 0.2) is 0 Å². The van der Waals surface area contributed by atoms with Gasteiger partial charge in [-0.3, -0.25) is 14.6 Å². The molecule has 6 nitrogen and oxygen atoms in total. The molecule has 0 atom stereocenters. The molecule has 1 amide bonds. The van der Waals surface area contributed by atoms with Gasteiger partial charge in [-0.05, 0) is 19.1 Å². The number of nitrogens with one attached hydrogen (secondary N) is 1. The lowest BCUT2D eigenvalue weighted by Crippen LogP contribution is -2.49. The summed E-state index contributed by atoms with van der Waals surface area (Å²) < 4.78 is 5.85. The molecule has 2 aromatic heterocycles. The van der Waals surface area contributed by atoms with E-state index in [0.717, 1.165) is 53.4 Å². The van der Waals surface area contributed by atoms with Gasteiger partial charge in [0.25, 0.3) is 0 Å². The van der Waals surface area contributed by atoms with Crippen LogP contribution in [0.4, 0.5) is 0 Å². The zero-order chi connectivity index (χ0) is 16.9. The van der Waals surface area contributed by atoms with Gasteiger partial charge in [0.05, 0.1) is 23.1 Å². The first kappa shape index (κ1) is 17.4. The minimum Gasteiger partial charge on any atom is -0.361 e. The lowest BCUT2D eigenvalue weighted by atomic mass is 10.2.